The van der Waals surface area contributed by atoms with Crippen molar-refractivity contribution in [2.75, 3.05) is 0 Å². The summed E-state index contributed by atoms with van der Waals surface area (Å²) in [5.74, 6) is -0.340. The van der Waals surface area contributed by atoms with Crippen LogP contribution in [0.25, 0.3) is 5.65 Å². The summed E-state index contributed by atoms with van der Waals surface area (Å²) in [7, 11) is 0. The van der Waals surface area contributed by atoms with Crippen LogP contribution in [0.2, 0.25) is 0 Å². The summed E-state index contributed by atoms with van der Waals surface area (Å²) in [6.07, 6.45) is 3.09. The van der Waals surface area contributed by atoms with Crippen molar-refractivity contribution < 1.29 is 17.9 Å². The lowest BCUT2D eigenvalue weighted by Gasteiger charge is -2.17. The average Bonchev–Trinajstić information content (AvgIpc) is 3.08. The lowest BCUT2D eigenvalue weighted by Crippen LogP contribution is -2.08. The first-order valence-electron chi connectivity index (χ1n) is 7.44. The zero-order chi connectivity index (χ0) is 16.8. The van der Waals surface area contributed by atoms with E-state index in [4.69, 9.17) is 0 Å². The molecule has 1 atom stereocenters. The molecule has 2 aromatic heterocycles. The summed E-state index contributed by atoms with van der Waals surface area (Å²) >= 11 is 3.19. The van der Waals surface area contributed by atoms with Gasteiger partial charge in [0.1, 0.15) is 17.2 Å². The summed E-state index contributed by atoms with van der Waals surface area (Å²) in [6.45, 7) is -2.88. The van der Waals surface area contributed by atoms with E-state index in [1.54, 1.807) is 24.4 Å². The van der Waals surface area contributed by atoms with Gasteiger partial charge in [-0.2, -0.15) is 8.78 Å². The molecule has 4 rings (SSSR count). The molecule has 0 bridgehead atoms. The van der Waals surface area contributed by atoms with Gasteiger partial charge in [0, 0.05) is 23.7 Å². The molecule has 0 saturated heterocycles. The second-order valence-corrected chi connectivity index (χ2v) is 6.50. The van der Waals surface area contributed by atoms with E-state index in [1.165, 1.54) is 12.1 Å². The standard InChI is InChI=1S/C17H12BrF3N2O/c18-11-8-23-15(7-12(11)19)22-13-6-5-10(16(13)23)9-3-1-2-4-14(9)24-17(20)21/h1-4,7-8,10,17H,5-6H2. The van der Waals surface area contributed by atoms with E-state index in [-0.39, 0.29) is 17.5 Å². The minimum absolute atomic E-state index is 0.123. The number of benzene rings is 1. The molecule has 0 fully saturated rings. The molecule has 0 radical (unpaired) electrons. The Balaban J connectivity index is 1.86. The third-order valence-corrected chi connectivity index (χ3v) is 4.87. The summed E-state index contributed by atoms with van der Waals surface area (Å²) < 4.78 is 45.9. The number of pyridine rings is 1. The minimum atomic E-state index is -2.88. The Morgan fingerprint density at radius 3 is 2.88 bits per heavy atom. The topological polar surface area (TPSA) is 26.5 Å². The first-order valence-corrected chi connectivity index (χ1v) is 8.23. The Bertz CT molecular complexity index is 926. The number of hydrogen-bond acceptors (Lipinski definition) is 2. The Hall–Kier alpha value is -2.02. The molecule has 24 heavy (non-hydrogen) atoms. The number of para-hydroxylation sites is 1. The van der Waals surface area contributed by atoms with Gasteiger partial charge < -0.3 is 9.14 Å². The average molecular weight is 397 g/mol. The van der Waals surface area contributed by atoms with Crippen LogP contribution in [0.5, 0.6) is 5.75 Å². The Morgan fingerprint density at radius 2 is 2.08 bits per heavy atom. The van der Waals surface area contributed by atoms with E-state index in [2.05, 4.69) is 25.7 Å². The molecular formula is C17H12BrF3N2O. The van der Waals surface area contributed by atoms with Crippen molar-refractivity contribution in [1.82, 2.24) is 9.38 Å². The monoisotopic (exact) mass is 396 g/mol. The van der Waals surface area contributed by atoms with E-state index in [9.17, 15) is 13.2 Å². The third kappa shape index (κ3) is 2.47. The smallest absolute Gasteiger partial charge is 0.387 e. The van der Waals surface area contributed by atoms with Crippen LogP contribution in [-0.4, -0.2) is 16.0 Å². The molecular weight excluding hydrogens is 385 g/mol. The van der Waals surface area contributed by atoms with Crippen molar-refractivity contribution >= 4 is 21.6 Å². The second-order valence-electron chi connectivity index (χ2n) is 5.65. The van der Waals surface area contributed by atoms with Gasteiger partial charge in [0.2, 0.25) is 0 Å². The van der Waals surface area contributed by atoms with E-state index >= 15 is 0 Å². The third-order valence-electron chi connectivity index (χ3n) is 4.29. The summed E-state index contributed by atoms with van der Waals surface area (Å²) in [4.78, 5) is 4.47. The van der Waals surface area contributed by atoms with Crippen LogP contribution in [0.1, 0.15) is 29.3 Å². The first-order chi connectivity index (χ1) is 11.5. The summed E-state index contributed by atoms with van der Waals surface area (Å²) in [6, 6.07) is 8.15. The van der Waals surface area contributed by atoms with Crippen LogP contribution in [0.4, 0.5) is 13.2 Å². The summed E-state index contributed by atoms with van der Waals surface area (Å²) in [5, 5.41) is 0. The van der Waals surface area contributed by atoms with Crippen molar-refractivity contribution in [3.8, 4) is 5.75 Å². The van der Waals surface area contributed by atoms with Crippen molar-refractivity contribution in [2.45, 2.75) is 25.4 Å². The molecule has 1 unspecified atom stereocenters. The van der Waals surface area contributed by atoms with E-state index in [0.29, 0.717) is 22.1 Å². The number of fused-ring (bicyclic) bond motifs is 3. The number of ether oxygens (including phenoxy) is 1. The van der Waals surface area contributed by atoms with Crippen molar-refractivity contribution in [1.29, 1.82) is 0 Å². The number of aromatic nitrogens is 2. The van der Waals surface area contributed by atoms with Gasteiger partial charge in [-0.1, -0.05) is 18.2 Å². The van der Waals surface area contributed by atoms with Crippen LogP contribution in [0, 0.1) is 5.82 Å². The molecule has 3 aromatic rings. The predicted octanol–water partition coefficient (Wildman–Crippen LogP) is 4.92. The second kappa shape index (κ2) is 5.81. The van der Waals surface area contributed by atoms with Gasteiger partial charge in [-0.05, 0) is 34.8 Å². The number of nitrogens with zero attached hydrogens (tertiary/aromatic N) is 2. The minimum Gasteiger partial charge on any atom is -0.435 e. The highest BCUT2D eigenvalue weighted by molar-refractivity contribution is 9.10. The van der Waals surface area contributed by atoms with E-state index in [0.717, 1.165) is 17.8 Å². The maximum atomic E-state index is 13.7. The molecule has 1 aliphatic rings. The number of rotatable bonds is 3. The zero-order valence-corrected chi connectivity index (χ0v) is 13.9. The number of aryl methyl sites for hydroxylation is 1. The highest BCUT2D eigenvalue weighted by Gasteiger charge is 2.31. The molecule has 2 heterocycles. The molecule has 0 saturated carbocycles. The Labute approximate surface area is 144 Å². The molecule has 0 aliphatic heterocycles. The van der Waals surface area contributed by atoms with Gasteiger partial charge >= 0.3 is 6.61 Å². The van der Waals surface area contributed by atoms with Gasteiger partial charge in [0.25, 0.3) is 0 Å². The molecule has 7 heteroatoms. The van der Waals surface area contributed by atoms with Crippen LogP contribution in [-0.2, 0) is 6.42 Å². The lowest BCUT2D eigenvalue weighted by atomic mass is 9.96. The quantitative estimate of drug-likeness (QED) is 0.628. The Kier molecular flexibility index (Phi) is 3.75. The van der Waals surface area contributed by atoms with Crippen molar-refractivity contribution in [3.05, 3.63) is 63.8 Å². The van der Waals surface area contributed by atoms with Gasteiger partial charge in [0.15, 0.2) is 0 Å². The maximum Gasteiger partial charge on any atom is 0.387 e. The lowest BCUT2D eigenvalue weighted by molar-refractivity contribution is -0.0505. The van der Waals surface area contributed by atoms with Crippen LogP contribution >= 0.6 is 15.9 Å². The molecule has 124 valence electrons. The molecule has 0 N–H and O–H groups in total. The fraction of sp³-hybridized carbons (Fsp3) is 0.235. The number of imidazole rings is 1. The van der Waals surface area contributed by atoms with E-state index < -0.39 is 6.61 Å². The largest absolute Gasteiger partial charge is 0.435 e. The SMILES string of the molecule is Fc1cc2nc3c(n2cc1Br)C(c1ccccc1OC(F)F)CC3. The number of alkyl halides is 2. The molecule has 1 aromatic carbocycles. The molecule has 1 aliphatic carbocycles. The number of hydrogen-bond donors (Lipinski definition) is 0. The van der Waals surface area contributed by atoms with Gasteiger partial charge in [0.05, 0.1) is 15.9 Å². The predicted molar refractivity (Wildman–Crippen MR) is 86.1 cm³/mol. The van der Waals surface area contributed by atoms with E-state index in [1.807, 2.05) is 4.40 Å². The fourth-order valence-electron chi connectivity index (χ4n) is 3.35. The first kappa shape index (κ1) is 15.5. The Morgan fingerprint density at radius 1 is 1.29 bits per heavy atom. The fourth-order valence-corrected chi connectivity index (χ4v) is 3.67. The summed E-state index contributed by atoms with van der Waals surface area (Å²) in [5.41, 5.74) is 2.97. The van der Waals surface area contributed by atoms with Crippen LogP contribution < -0.4 is 4.74 Å². The van der Waals surface area contributed by atoms with Crippen molar-refractivity contribution in [3.63, 3.8) is 0 Å². The molecule has 0 spiro atoms. The number of halogens is 4. The van der Waals surface area contributed by atoms with Crippen molar-refractivity contribution in [2.24, 2.45) is 0 Å². The highest BCUT2D eigenvalue weighted by Crippen LogP contribution is 2.42. The van der Waals surface area contributed by atoms with Crippen LogP contribution in [0.15, 0.2) is 41.0 Å². The van der Waals surface area contributed by atoms with Gasteiger partial charge in [-0.15, -0.1) is 0 Å². The van der Waals surface area contributed by atoms with Crippen LogP contribution in [0.3, 0.4) is 0 Å². The van der Waals surface area contributed by atoms with Gasteiger partial charge in [-0.25, -0.2) is 9.37 Å². The zero-order valence-electron chi connectivity index (χ0n) is 12.3. The molecule has 0 amide bonds. The highest BCUT2D eigenvalue weighted by atomic mass is 79.9. The van der Waals surface area contributed by atoms with Gasteiger partial charge in [-0.3, -0.25) is 0 Å². The molecule has 3 nitrogen and oxygen atoms in total. The maximum absolute atomic E-state index is 13.7. The normalized spacial score (nSPS) is 16.8.